The smallest absolute Gasteiger partial charge is 0.267 e. The molecule has 0 atom stereocenters. The molecule has 4 heterocycles. The molecule has 168 valence electrons. The summed E-state index contributed by atoms with van der Waals surface area (Å²) in [5, 5.41) is 3.69. The van der Waals surface area contributed by atoms with Crippen LogP contribution in [0.4, 0.5) is 14.7 Å². The highest BCUT2D eigenvalue weighted by Crippen LogP contribution is 2.30. The quantitative estimate of drug-likeness (QED) is 0.608. The number of nitrogens with one attached hydrogen (secondary N) is 1. The normalized spacial score (nSPS) is 17.1. The molecule has 0 aromatic carbocycles. The van der Waals surface area contributed by atoms with Crippen molar-refractivity contribution in [3.8, 4) is 0 Å². The first-order valence-corrected chi connectivity index (χ1v) is 11.8. The van der Waals surface area contributed by atoms with Gasteiger partial charge in [0, 0.05) is 36.9 Å². The van der Waals surface area contributed by atoms with Gasteiger partial charge >= 0.3 is 0 Å². The van der Waals surface area contributed by atoms with Gasteiger partial charge in [-0.1, -0.05) is 0 Å². The molecule has 9 nitrogen and oxygen atoms in total. The molecule has 31 heavy (non-hydrogen) atoms. The highest BCUT2D eigenvalue weighted by atomic mass is 32.2. The Morgan fingerprint density at radius 1 is 1.23 bits per heavy atom. The Morgan fingerprint density at radius 3 is 2.48 bits per heavy atom. The van der Waals surface area contributed by atoms with E-state index >= 15 is 0 Å². The number of nitrogens with zero attached hydrogens (tertiary/aromatic N) is 5. The van der Waals surface area contributed by atoms with Gasteiger partial charge in [-0.2, -0.15) is 4.98 Å². The minimum atomic E-state index is -3.20. The first-order chi connectivity index (χ1) is 14.4. The first kappa shape index (κ1) is 21.8. The van der Waals surface area contributed by atoms with Crippen LogP contribution < -0.4 is 11.1 Å². The summed E-state index contributed by atoms with van der Waals surface area (Å²) >= 11 is 0. The topological polar surface area (TPSA) is 119 Å². The lowest BCUT2D eigenvalue weighted by molar-refractivity contribution is 0.152. The average Bonchev–Trinajstić information content (AvgIpc) is 3.13. The number of fused-ring (bicyclic) bond motifs is 3. The van der Waals surface area contributed by atoms with Crippen LogP contribution in [-0.2, 0) is 15.6 Å². The number of imidazole rings is 1. The van der Waals surface area contributed by atoms with E-state index < -0.39 is 22.0 Å². The standard InChI is InChI=1S/C19H25F2N7O2S/c1-19(2,22)14-10-28-16-11(8-13(15(20)21)17(28)25-14)9-23-18(26-16)24-12-4-6-27(7-5-12)31(3,29)30/h8-10,12,15H,4-7,22H2,1-3H3,(H,23,24,26). The number of piperidine rings is 1. The molecule has 0 unspecified atom stereocenters. The number of halogens is 2. The van der Waals surface area contributed by atoms with Crippen molar-refractivity contribution in [1.82, 2.24) is 23.7 Å². The number of hydrogen-bond acceptors (Lipinski definition) is 7. The predicted molar refractivity (Wildman–Crippen MR) is 114 cm³/mol. The largest absolute Gasteiger partial charge is 0.351 e. The molecule has 1 aliphatic heterocycles. The van der Waals surface area contributed by atoms with E-state index in [-0.39, 0.29) is 17.3 Å². The SMILES string of the molecule is CC(C)(N)c1cn2c(n1)c(C(F)F)cc1cnc(NC3CCN(S(C)(=O)=O)CC3)nc12. The maximum absolute atomic E-state index is 13.6. The van der Waals surface area contributed by atoms with E-state index in [1.807, 2.05) is 0 Å². The molecule has 3 N–H and O–H groups in total. The van der Waals surface area contributed by atoms with E-state index in [9.17, 15) is 17.2 Å². The first-order valence-electron chi connectivity index (χ1n) is 9.91. The molecule has 4 rings (SSSR count). The van der Waals surface area contributed by atoms with Gasteiger partial charge in [-0.05, 0) is 32.8 Å². The third-order valence-corrected chi connectivity index (χ3v) is 6.75. The van der Waals surface area contributed by atoms with Crippen LogP contribution in [0.3, 0.4) is 0 Å². The monoisotopic (exact) mass is 453 g/mol. The van der Waals surface area contributed by atoms with E-state index in [0.29, 0.717) is 48.6 Å². The van der Waals surface area contributed by atoms with Crippen LogP contribution in [0.25, 0.3) is 16.7 Å². The van der Waals surface area contributed by atoms with Gasteiger partial charge in [-0.3, -0.25) is 4.40 Å². The molecule has 0 aliphatic carbocycles. The summed E-state index contributed by atoms with van der Waals surface area (Å²) in [4.78, 5) is 13.2. The summed E-state index contributed by atoms with van der Waals surface area (Å²) in [7, 11) is -3.20. The second kappa shape index (κ2) is 7.61. The van der Waals surface area contributed by atoms with Gasteiger partial charge in [0.2, 0.25) is 16.0 Å². The Labute approximate surface area is 178 Å². The third-order valence-electron chi connectivity index (χ3n) is 5.45. The van der Waals surface area contributed by atoms with E-state index in [2.05, 4.69) is 20.3 Å². The van der Waals surface area contributed by atoms with Crippen molar-refractivity contribution >= 4 is 32.7 Å². The molecule has 1 aliphatic rings. The number of anilines is 1. The molecule has 12 heteroatoms. The van der Waals surface area contributed by atoms with Crippen LogP contribution in [-0.4, -0.2) is 57.5 Å². The molecule has 0 saturated carbocycles. The summed E-state index contributed by atoms with van der Waals surface area (Å²) in [6.45, 7) is 4.35. The highest BCUT2D eigenvalue weighted by Gasteiger charge is 2.26. The minimum absolute atomic E-state index is 0.00704. The van der Waals surface area contributed by atoms with Crippen LogP contribution in [0.1, 0.15) is 44.4 Å². The fourth-order valence-corrected chi connectivity index (χ4v) is 4.58. The summed E-state index contributed by atoms with van der Waals surface area (Å²) in [5.41, 5.74) is 6.14. The zero-order valence-electron chi connectivity index (χ0n) is 17.5. The molecule has 0 amide bonds. The fourth-order valence-electron chi connectivity index (χ4n) is 3.71. The molecule has 0 bridgehead atoms. The summed E-state index contributed by atoms with van der Waals surface area (Å²) < 4.78 is 53.6. The Morgan fingerprint density at radius 2 is 1.90 bits per heavy atom. The zero-order valence-corrected chi connectivity index (χ0v) is 18.3. The van der Waals surface area contributed by atoms with Gasteiger partial charge in [0.1, 0.15) is 5.65 Å². The fraction of sp³-hybridized carbons (Fsp3) is 0.526. The number of pyridine rings is 1. The summed E-state index contributed by atoms with van der Waals surface area (Å²) in [6.07, 6.45) is 2.85. The van der Waals surface area contributed by atoms with Crippen LogP contribution in [0.15, 0.2) is 18.5 Å². The predicted octanol–water partition coefficient (Wildman–Crippen LogP) is 2.24. The van der Waals surface area contributed by atoms with Crippen LogP contribution in [0, 0.1) is 0 Å². The lowest BCUT2D eigenvalue weighted by Crippen LogP contribution is -2.42. The van der Waals surface area contributed by atoms with Crippen LogP contribution >= 0.6 is 0 Å². The molecule has 1 fully saturated rings. The van der Waals surface area contributed by atoms with Crippen molar-refractivity contribution in [2.24, 2.45) is 5.73 Å². The Hall–Kier alpha value is -2.44. The lowest BCUT2D eigenvalue weighted by atomic mass is 10.0. The van der Waals surface area contributed by atoms with Gasteiger partial charge in [-0.15, -0.1) is 0 Å². The second-order valence-electron chi connectivity index (χ2n) is 8.50. The van der Waals surface area contributed by atoms with Gasteiger partial charge in [0.25, 0.3) is 6.43 Å². The average molecular weight is 454 g/mol. The molecular formula is C19H25F2N7O2S. The summed E-state index contributed by atoms with van der Waals surface area (Å²) in [6, 6.07) is 1.36. The number of nitrogens with two attached hydrogens (primary N) is 1. The van der Waals surface area contributed by atoms with Crippen molar-refractivity contribution < 1.29 is 17.2 Å². The second-order valence-corrected chi connectivity index (χ2v) is 10.5. The lowest BCUT2D eigenvalue weighted by Gasteiger charge is -2.30. The zero-order chi connectivity index (χ0) is 22.6. The van der Waals surface area contributed by atoms with Crippen molar-refractivity contribution in [2.45, 2.75) is 44.7 Å². The maximum atomic E-state index is 13.6. The number of alkyl halides is 2. The molecule has 1 saturated heterocycles. The van der Waals surface area contributed by atoms with E-state index in [4.69, 9.17) is 5.73 Å². The van der Waals surface area contributed by atoms with Crippen molar-refractivity contribution in [2.75, 3.05) is 24.7 Å². The van der Waals surface area contributed by atoms with E-state index in [1.165, 1.54) is 27.2 Å². The Balaban J connectivity index is 1.69. The molecule has 0 radical (unpaired) electrons. The highest BCUT2D eigenvalue weighted by molar-refractivity contribution is 7.88. The Bertz CT molecular complexity index is 1230. The van der Waals surface area contributed by atoms with Crippen molar-refractivity contribution in [3.63, 3.8) is 0 Å². The molecular weight excluding hydrogens is 428 g/mol. The van der Waals surface area contributed by atoms with Gasteiger partial charge in [0.15, 0.2) is 5.65 Å². The molecule has 0 spiro atoms. The number of aromatic nitrogens is 4. The van der Waals surface area contributed by atoms with Gasteiger partial charge in [0.05, 0.1) is 23.1 Å². The summed E-state index contributed by atoms with van der Waals surface area (Å²) in [5.74, 6) is 0.346. The number of hydrogen-bond donors (Lipinski definition) is 2. The third kappa shape index (κ3) is 4.32. The van der Waals surface area contributed by atoms with Crippen LogP contribution in [0.2, 0.25) is 0 Å². The Kier molecular flexibility index (Phi) is 5.34. The van der Waals surface area contributed by atoms with E-state index in [0.717, 1.165) is 0 Å². The minimum Gasteiger partial charge on any atom is -0.351 e. The number of sulfonamides is 1. The number of rotatable bonds is 5. The molecule has 3 aromatic rings. The van der Waals surface area contributed by atoms with Crippen LogP contribution in [0.5, 0.6) is 0 Å². The van der Waals surface area contributed by atoms with E-state index in [1.54, 1.807) is 20.0 Å². The van der Waals surface area contributed by atoms with Crippen molar-refractivity contribution in [1.29, 1.82) is 0 Å². The molecule has 3 aromatic heterocycles. The van der Waals surface area contributed by atoms with Crippen molar-refractivity contribution in [3.05, 3.63) is 29.7 Å². The van der Waals surface area contributed by atoms with Gasteiger partial charge < -0.3 is 11.1 Å². The van der Waals surface area contributed by atoms with Gasteiger partial charge in [-0.25, -0.2) is 31.5 Å². The maximum Gasteiger partial charge on any atom is 0.267 e.